The number of esters is 1. The van der Waals surface area contributed by atoms with E-state index in [0.717, 1.165) is 6.08 Å². The maximum atomic E-state index is 11.4. The average molecular weight is 359 g/mol. The molecule has 0 aliphatic heterocycles. The van der Waals surface area contributed by atoms with E-state index in [0.29, 0.717) is 10.4 Å². The van der Waals surface area contributed by atoms with Crippen molar-refractivity contribution < 1.29 is 23.5 Å². The molecule has 2 amide bonds. The number of carbonyl (C=O) groups excluding carboxylic acids is 3. The van der Waals surface area contributed by atoms with E-state index in [1.807, 2.05) is 0 Å². The van der Waals surface area contributed by atoms with Crippen LogP contribution in [0.4, 0.5) is 0 Å². The minimum atomic E-state index is -0.684. The number of carbonyl (C=O) groups is 3. The van der Waals surface area contributed by atoms with Crippen LogP contribution in [0.5, 0.6) is 0 Å². The van der Waals surface area contributed by atoms with E-state index in [4.69, 9.17) is 9.15 Å². The summed E-state index contributed by atoms with van der Waals surface area (Å²) in [5, 5.41) is 2.34. The molecule has 0 bridgehead atoms. The molecule has 1 heterocycles. The summed E-state index contributed by atoms with van der Waals surface area (Å²) in [6, 6.07) is 3.34. The van der Waals surface area contributed by atoms with Crippen LogP contribution in [0.25, 0.3) is 6.08 Å². The molecule has 0 atom stereocenters. The molecule has 1 N–H and O–H groups in total. The van der Waals surface area contributed by atoms with Crippen LogP contribution in [0.3, 0.4) is 0 Å². The van der Waals surface area contributed by atoms with Crippen LogP contribution in [-0.4, -0.2) is 49.9 Å². The van der Waals surface area contributed by atoms with E-state index in [-0.39, 0.29) is 12.5 Å². The monoisotopic (exact) mass is 358 g/mol. The number of nitrogens with one attached hydrogen (secondary N) is 1. The molecule has 21 heavy (non-hydrogen) atoms. The fourth-order valence-electron chi connectivity index (χ4n) is 1.14. The average Bonchev–Trinajstić information content (AvgIpc) is 2.85. The number of amides is 2. The van der Waals surface area contributed by atoms with E-state index in [1.54, 1.807) is 26.2 Å². The highest BCUT2D eigenvalue weighted by Crippen LogP contribution is 2.14. The lowest BCUT2D eigenvalue weighted by Crippen LogP contribution is -2.38. The fourth-order valence-corrected chi connectivity index (χ4v) is 1.46. The van der Waals surface area contributed by atoms with Gasteiger partial charge in [0.2, 0.25) is 5.91 Å². The summed E-state index contributed by atoms with van der Waals surface area (Å²) in [4.78, 5) is 35.3. The Morgan fingerprint density at radius 3 is 2.67 bits per heavy atom. The highest BCUT2D eigenvalue weighted by molar-refractivity contribution is 9.10. The number of halogens is 1. The summed E-state index contributed by atoms with van der Waals surface area (Å²) in [5.41, 5.74) is 0. The smallest absolute Gasteiger partial charge is 0.331 e. The lowest BCUT2D eigenvalue weighted by molar-refractivity contribution is -0.144. The Labute approximate surface area is 130 Å². The fraction of sp³-hybridized carbons (Fsp3) is 0.308. The van der Waals surface area contributed by atoms with Crippen molar-refractivity contribution in [1.82, 2.24) is 10.2 Å². The molecule has 0 aromatic carbocycles. The third-order valence-corrected chi connectivity index (χ3v) is 2.68. The van der Waals surface area contributed by atoms with Gasteiger partial charge in [0.05, 0.1) is 6.54 Å². The molecule has 1 aromatic rings. The van der Waals surface area contributed by atoms with E-state index in [1.165, 1.54) is 11.0 Å². The third-order valence-electron chi connectivity index (χ3n) is 2.26. The Morgan fingerprint density at radius 2 is 2.10 bits per heavy atom. The molecule has 0 aliphatic rings. The Morgan fingerprint density at radius 1 is 1.38 bits per heavy atom. The summed E-state index contributed by atoms with van der Waals surface area (Å²) in [6.07, 6.45) is 2.56. The molecule has 0 radical (unpaired) electrons. The van der Waals surface area contributed by atoms with E-state index < -0.39 is 18.5 Å². The van der Waals surface area contributed by atoms with Crippen molar-refractivity contribution in [2.24, 2.45) is 0 Å². The highest BCUT2D eigenvalue weighted by Gasteiger charge is 2.08. The molecule has 0 aliphatic carbocycles. The summed E-state index contributed by atoms with van der Waals surface area (Å²) in [6.45, 7) is -0.592. The second kappa shape index (κ2) is 8.25. The van der Waals surface area contributed by atoms with E-state index in [9.17, 15) is 14.4 Å². The molecule has 8 heteroatoms. The highest BCUT2D eigenvalue weighted by atomic mass is 79.9. The zero-order chi connectivity index (χ0) is 15.8. The van der Waals surface area contributed by atoms with E-state index >= 15 is 0 Å². The molecule has 7 nitrogen and oxygen atoms in total. The Hall–Kier alpha value is -2.09. The normalized spacial score (nSPS) is 10.4. The summed E-state index contributed by atoms with van der Waals surface area (Å²) < 4.78 is 10.4. The van der Waals surface area contributed by atoms with Crippen molar-refractivity contribution in [3.8, 4) is 0 Å². The maximum Gasteiger partial charge on any atom is 0.331 e. The number of nitrogens with zero attached hydrogens (tertiary/aromatic N) is 1. The second-order valence-electron chi connectivity index (χ2n) is 4.15. The molecular weight excluding hydrogens is 344 g/mol. The van der Waals surface area contributed by atoms with Gasteiger partial charge in [0.25, 0.3) is 5.91 Å². The lowest BCUT2D eigenvalue weighted by Gasteiger charge is -2.10. The molecule has 0 unspecified atom stereocenters. The molecule has 0 saturated carbocycles. The van der Waals surface area contributed by atoms with Crippen molar-refractivity contribution in [2.75, 3.05) is 27.2 Å². The van der Waals surface area contributed by atoms with Gasteiger partial charge in [-0.3, -0.25) is 9.59 Å². The number of rotatable bonds is 6. The minimum Gasteiger partial charge on any atom is -0.452 e. The number of furan rings is 1. The number of likely N-dealkylation sites (N-methyl/N-ethyl adjacent to an activating group) is 1. The predicted molar refractivity (Wildman–Crippen MR) is 78.1 cm³/mol. The predicted octanol–water partition coefficient (Wildman–Crippen LogP) is 0.803. The zero-order valence-corrected chi connectivity index (χ0v) is 13.2. The van der Waals surface area contributed by atoms with Gasteiger partial charge in [-0.05, 0) is 34.1 Å². The largest absolute Gasteiger partial charge is 0.452 e. The molecular formula is C13H15BrN2O5. The van der Waals surface area contributed by atoms with Gasteiger partial charge in [-0.2, -0.15) is 0 Å². The van der Waals surface area contributed by atoms with Crippen LogP contribution in [0.15, 0.2) is 27.3 Å². The Bertz CT molecular complexity index is 551. The zero-order valence-electron chi connectivity index (χ0n) is 11.6. The van der Waals surface area contributed by atoms with Crippen LogP contribution in [0.2, 0.25) is 0 Å². The van der Waals surface area contributed by atoms with Gasteiger partial charge in [0.1, 0.15) is 5.76 Å². The van der Waals surface area contributed by atoms with Gasteiger partial charge < -0.3 is 19.4 Å². The van der Waals surface area contributed by atoms with Crippen LogP contribution in [0, 0.1) is 0 Å². The van der Waals surface area contributed by atoms with Crippen molar-refractivity contribution in [1.29, 1.82) is 0 Å². The first-order valence-electron chi connectivity index (χ1n) is 5.95. The minimum absolute atomic E-state index is 0.139. The summed E-state index contributed by atoms with van der Waals surface area (Å²) in [7, 11) is 3.15. The number of hydrogen-bond donors (Lipinski definition) is 1. The maximum absolute atomic E-state index is 11.4. The number of ether oxygens (including phenoxy) is 1. The number of hydrogen-bond acceptors (Lipinski definition) is 5. The summed E-state index contributed by atoms with van der Waals surface area (Å²) in [5.74, 6) is -1.01. The molecule has 0 spiro atoms. The first-order chi connectivity index (χ1) is 9.88. The van der Waals surface area contributed by atoms with Crippen LogP contribution < -0.4 is 5.32 Å². The van der Waals surface area contributed by atoms with Crippen LogP contribution >= 0.6 is 15.9 Å². The first kappa shape index (κ1) is 17.0. The molecule has 1 rings (SSSR count). The van der Waals surface area contributed by atoms with Crippen LogP contribution in [0.1, 0.15) is 5.76 Å². The van der Waals surface area contributed by atoms with Gasteiger partial charge >= 0.3 is 5.97 Å². The standard InChI is InChI=1S/C13H15BrN2O5/c1-16(2)12(18)7-15-11(17)8-20-13(19)6-4-9-3-5-10(14)21-9/h3-6H,7-8H2,1-2H3,(H,15,17)/b6-4+. The molecule has 1 aromatic heterocycles. The Balaban J connectivity index is 2.28. The van der Waals surface area contributed by atoms with Gasteiger partial charge in [0.15, 0.2) is 11.3 Å². The molecule has 0 fully saturated rings. The molecule has 0 saturated heterocycles. The first-order valence-corrected chi connectivity index (χ1v) is 6.75. The van der Waals surface area contributed by atoms with Crippen molar-refractivity contribution in [3.63, 3.8) is 0 Å². The van der Waals surface area contributed by atoms with Gasteiger partial charge in [0, 0.05) is 20.2 Å². The SMILES string of the molecule is CN(C)C(=O)CNC(=O)COC(=O)/C=C/c1ccc(Br)o1. The van der Waals surface area contributed by atoms with Crippen molar-refractivity contribution in [2.45, 2.75) is 0 Å². The quantitative estimate of drug-likeness (QED) is 0.600. The van der Waals surface area contributed by atoms with Crippen molar-refractivity contribution in [3.05, 3.63) is 28.6 Å². The van der Waals surface area contributed by atoms with Crippen molar-refractivity contribution >= 4 is 39.8 Å². The van der Waals surface area contributed by atoms with Crippen LogP contribution in [-0.2, 0) is 19.1 Å². The van der Waals surface area contributed by atoms with Gasteiger partial charge in [-0.1, -0.05) is 0 Å². The topological polar surface area (TPSA) is 88.9 Å². The van der Waals surface area contributed by atoms with Gasteiger partial charge in [-0.15, -0.1) is 0 Å². The lowest BCUT2D eigenvalue weighted by atomic mass is 10.4. The summed E-state index contributed by atoms with van der Waals surface area (Å²) >= 11 is 3.13. The van der Waals surface area contributed by atoms with E-state index in [2.05, 4.69) is 21.2 Å². The second-order valence-corrected chi connectivity index (χ2v) is 4.93. The third kappa shape index (κ3) is 6.75. The van der Waals surface area contributed by atoms with Gasteiger partial charge in [-0.25, -0.2) is 4.79 Å². The Kier molecular flexibility index (Phi) is 6.67. The molecule has 114 valence electrons.